The van der Waals surface area contributed by atoms with Gasteiger partial charge in [0, 0.05) is 25.3 Å². The van der Waals surface area contributed by atoms with Crippen molar-refractivity contribution in [2.24, 2.45) is 0 Å². The zero-order chi connectivity index (χ0) is 29.0. The molecule has 41 heavy (non-hydrogen) atoms. The van der Waals surface area contributed by atoms with E-state index < -0.39 is 15.6 Å². The lowest BCUT2D eigenvalue weighted by molar-refractivity contribution is -0.139. The third kappa shape index (κ3) is 6.93. The molecule has 1 atom stereocenters. The van der Waals surface area contributed by atoms with Crippen molar-refractivity contribution < 1.29 is 22.7 Å². The molecule has 8 nitrogen and oxygen atoms in total. The maximum absolute atomic E-state index is 14.0. The molecule has 2 saturated heterocycles. The van der Waals surface area contributed by atoms with Gasteiger partial charge in [0.2, 0.25) is 15.9 Å². The second-order valence-corrected chi connectivity index (χ2v) is 13.2. The van der Waals surface area contributed by atoms with Crippen molar-refractivity contribution in [1.82, 2.24) is 9.21 Å². The highest BCUT2D eigenvalue weighted by atomic mass is 35.5. The zero-order valence-corrected chi connectivity index (χ0v) is 25.0. The molecule has 1 N–H and O–H groups in total. The van der Waals surface area contributed by atoms with E-state index in [-0.39, 0.29) is 25.0 Å². The van der Waals surface area contributed by atoms with Crippen molar-refractivity contribution in [3.63, 3.8) is 0 Å². The number of anilines is 1. The molecular formula is C31H36ClN3O5S. The second kappa shape index (κ2) is 12.5. The van der Waals surface area contributed by atoms with Gasteiger partial charge in [-0.3, -0.25) is 9.69 Å². The number of methoxy groups -OCH3 is 1. The van der Waals surface area contributed by atoms with Crippen molar-refractivity contribution in [3.8, 4) is 5.75 Å². The summed E-state index contributed by atoms with van der Waals surface area (Å²) >= 11 is 6.19. The molecule has 2 fully saturated rings. The number of aryl methyl sites for hydroxylation is 1. The summed E-state index contributed by atoms with van der Waals surface area (Å²) in [7, 11) is -2.20. The van der Waals surface area contributed by atoms with Crippen LogP contribution in [-0.4, -0.2) is 75.1 Å². The van der Waals surface area contributed by atoms with Crippen LogP contribution in [0.2, 0.25) is 5.02 Å². The number of amides is 1. The van der Waals surface area contributed by atoms with E-state index in [1.807, 2.05) is 49.4 Å². The maximum atomic E-state index is 14.0. The summed E-state index contributed by atoms with van der Waals surface area (Å²) in [5, 5.41) is 3.32. The van der Waals surface area contributed by atoms with Gasteiger partial charge in [-0.2, -0.15) is 4.31 Å². The minimum atomic E-state index is -3.74. The van der Waals surface area contributed by atoms with E-state index >= 15 is 0 Å². The Balaban J connectivity index is 1.26. The minimum absolute atomic E-state index is 0.141. The molecule has 2 aliphatic rings. The predicted molar refractivity (Wildman–Crippen MR) is 160 cm³/mol. The predicted octanol–water partition coefficient (Wildman–Crippen LogP) is 4.76. The highest BCUT2D eigenvalue weighted by Gasteiger charge is 2.47. The van der Waals surface area contributed by atoms with Crippen LogP contribution in [0.3, 0.4) is 0 Å². The fourth-order valence-electron chi connectivity index (χ4n) is 5.56. The van der Waals surface area contributed by atoms with E-state index in [4.69, 9.17) is 21.1 Å². The number of hydrogen-bond acceptors (Lipinski definition) is 6. The molecule has 5 rings (SSSR count). The number of carbonyl (C=O) groups is 1. The van der Waals surface area contributed by atoms with E-state index in [1.165, 1.54) is 0 Å². The number of benzene rings is 3. The summed E-state index contributed by atoms with van der Waals surface area (Å²) in [4.78, 5) is 15.1. The molecule has 3 aromatic rings. The van der Waals surface area contributed by atoms with Crippen LogP contribution in [0.1, 0.15) is 24.0 Å². The summed E-state index contributed by atoms with van der Waals surface area (Å²) < 4.78 is 41.2. The van der Waals surface area contributed by atoms with Gasteiger partial charge in [-0.25, -0.2) is 8.42 Å². The average molecular weight is 598 g/mol. The van der Waals surface area contributed by atoms with Gasteiger partial charge in [0.15, 0.2) is 0 Å². The molecule has 0 aromatic heterocycles. The van der Waals surface area contributed by atoms with E-state index in [9.17, 15) is 13.2 Å². The molecule has 0 unspecified atom stereocenters. The minimum Gasteiger partial charge on any atom is -0.495 e. The van der Waals surface area contributed by atoms with E-state index in [1.54, 1.807) is 41.7 Å². The van der Waals surface area contributed by atoms with Gasteiger partial charge in [-0.15, -0.1) is 0 Å². The highest BCUT2D eigenvalue weighted by molar-refractivity contribution is 7.89. The summed E-state index contributed by atoms with van der Waals surface area (Å²) in [5.41, 5.74) is 2.09. The Labute approximate surface area is 247 Å². The van der Waals surface area contributed by atoms with Gasteiger partial charge >= 0.3 is 0 Å². The van der Waals surface area contributed by atoms with Crippen LogP contribution in [0.5, 0.6) is 5.75 Å². The lowest BCUT2D eigenvalue weighted by Gasteiger charge is -2.49. The van der Waals surface area contributed by atoms with E-state index in [0.29, 0.717) is 60.3 Å². The zero-order valence-electron chi connectivity index (χ0n) is 23.4. The van der Waals surface area contributed by atoms with Crippen LogP contribution in [0.15, 0.2) is 77.7 Å². The first kappa shape index (κ1) is 29.5. The summed E-state index contributed by atoms with van der Waals surface area (Å²) in [6.45, 7) is 4.02. The number of halogens is 1. The molecule has 0 bridgehead atoms. The Morgan fingerprint density at radius 2 is 1.78 bits per heavy atom. The first-order valence-electron chi connectivity index (χ1n) is 13.8. The number of ether oxygens (including phenoxy) is 2. The molecule has 3 aromatic carbocycles. The van der Waals surface area contributed by atoms with Crippen molar-refractivity contribution in [3.05, 3.63) is 88.9 Å². The number of nitrogens with zero attached hydrogens (tertiary/aromatic N) is 2. The Hall–Kier alpha value is -2.95. The van der Waals surface area contributed by atoms with Gasteiger partial charge in [0.1, 0.15) is 5.75 Å². The molecular weight excluding hydrogens is 562 g/mol. The number of hydrogen-bond donors (Lipinski definition) is 1. The smallest absolute Gasteiger partial charge is 0.243 e. The number of nitrogens with one attached hydrogen (secondary N) is 1. The number of carbonyl (C=O) groups excluding carboxylic acids is 1. The number of morpholine rings is 1. The third-order valence-electron chi connectivity index (χ3n) is 7.94. The van der Waals surface area contributed by atoms with Crippen LogP contribution in [0, 0.1) is 6.92 Å². The standard InChI is InChI=1S/C31H36ClN3O5S/c1-23-8-11-27(12-9-23)41(37,38)35-22-31(40-21-26(35)18-24-6-4-3-5-7-24)14-16-34(17-15-31)20-30(36)33-25-10-13-29(39-2)28(32)19-25/h3-13,19,26H,14-18,20-22H2,1-2H3,(H,33,36)/t26-/m1/s1. The Kier molecular flexibility index (Phi) is 9.01. The molecule has 1 amide bonds. The third-order valence-corrected chi connectivity index (χ3v) is 10.2. The summed E-state index contributed by atoms with van der Waals surface area (Å²) in [5.74, 6) is 0.404. The van der Waals surface area contributed by atoms with Crippen LogP contribution >= 0.6 is 11.6 Å². The number of rotatable bonds is 8. The molecule has 218 valence electrons. The van der Waals surface area contributed by atoms with Crippen LogP contribution in [0.4, 0.5) is 5.69 Å². The topological polar surface area (TPSA) is 88.2 Å². The fraction of sp³-hybridized carbons (Fsp3) is 0.387. The summed E-state index contributed by atoms with van der Waals surface area (Å²) in [6, 6.07) is 21.8. The number of sulfonamides is 1. The van der Waals surface area contributed by atoms with Gasteiger partial charge in [-0.05, 0) is 62.1 Å². The molecule has 1 spiro atoms. The van der Waals surface area contributed by atoms with Crippen LogP contribution < -0.4 is 10.1 Å². The van der Waals surface area contributed by atoms with Crippen LogP contribution in [-0.2, 0) is 26.0 Å². The Morgan fingerprint density at radius 3 is 2.44 bits per heavy atom. The van der Waals surface area contributed by atoms with Crippen LogP contribution in [0.25, 0.3) is 0 Å². The molecule has 2 heterocycles. The molecule has 0 aliphatic carbocycles. The molecule has 10 heteroatoms. The van der Waals surface area contributed by atoms with Crippen molar-refractivity contribution >= 4 is 33.2 Å². The number of likely N-dealkylation sites (tertiary alicyclic amines) is 1. The van der Waals surface area contributed by atoms with Crippen molar-refractivity contribution in [1.29, 1.82) is 0 Å². The Morgan fingerprint density at radius 1 is 1.07 bits per heavy atom. The van der Waals surface area contributed by atoms with Gasteiger partial charge in [-0.1, -0.05) is 59.6 Å². The maximum Gasteiger partial charge on any atom is 0.243 e. The number of piperidine rings is 1. The molecule has 2 aliphatic heterocycles. The lowest BCUT2D eigenvalue weighted by Crippen LogP contribution is -2.62. The summed E-state index contributed by atoms with van der Waals surface area (Å²) in [6.07, 6.45) is 1.84. The van der Waals surface area contributed by atoms with E-state index in [0.717, 1.165) is 11.1 Å². The molecule has 0 saturated carbocycles. The first-order chi connectivity index (χ1) is 19.7. The van der Waals surface area contributed by atoms with Gasteiger partial charge in [0.05, 0.1) is 41.8 Å². The monoisotopic (exact) mass is 597 g/mol. The van der Waals surface area contributed by atoms with E-state index in [2.05, 4.69) is 10.2 Å². The quantitative estimate of drug-likeness (QED) is 0.403. The van der Waals surface area contributed by atoms with Crippen molar-refractivity contribution in [2.45, 2.75) is 42.7 Å². The second-order valence-electron chi connectivity index (χ2n) is 10.9. The average Bonchev–Trinajstić information content (AvgIpc) is 2.96. The Bertz CT molecular complexity index is 1460. The SMILES string of the molecule is COc1ccc(NC(=O)CN2CCC3(CC2)CN(S(=O)(=O)c2ccc(C)cc2)[C@H](Cc2ccccc2)CO3)cc1Cl. The largest absolute Gasteiger partial charge is 0.495 e. The van der Waals surface area contributed by atoms with Gasteiger partial charge in [0.25, 0.3) is 0 Å². The fourth-order valence-corrected chi connectivity index (χ4v) is 7.50. The first-order valence-corrected chi connectivity index (χ1v) is 15.6. The highest BCUT2D eigenvalue weighted by Crippen LogP contribution is 2.36. The normalized spacial score (nSPS) is 19.6. The van der Waals surface area contributed by atoms with Gasteiger partial charge < -0.3 is 14.8 Å². The van der Waals surface area contributed by atoms with Crippen molar-refractivity contribution in [2.75, 3.05) is 45.2 Å². The lowest BCUT2D eigenvalue weighted by atomic mass is 9.88. The molecule has 0 radical (unpaired) electrons.